The molecule has 0 aromatic heterocycles. The molecule has 2 N–H and O–H groups in total. The van der Waals surface area contributed by atoms with Gasteiger partial charge in [0.2, 0.25) is 5.91 Å². The molecule has 0 saturated carbocycles. The highest BCUT2D eigenvalue weighted by atomic mass is 16.5. The van der Waals surface area contributed by atoms with Gasteiger partial charge in [0.1, 0.15) is 0 Å². The van der Waals surface area contributed by atoms with Crippen LogP contribution in [0.15, 0.2) is 66.3 Å². The molecule has 0 saturated heterocycles. The zero-order valence-electron chi connectivity index (χ0n) is 20.6. The Balaban J connectivity index is 2.24. The first-order valence-electron chi connectivity index (χ1n) is 12.0. The molecule has 0 aliphatic heterocycles. The highest BCUT2D eigenvalue weighted by Gasteiger charge is 2.25. The number of benzene rings is 2. The fraction of sp³-hybridized carbons (Fsp3) is 0.464. The molecule has 0 aliphatic carbocycles. The lowest BCUT2D eigenvalue weighted by Gasteiger charge is -2.30. The monoisotopic (exact) mass is 452 g/mol. The summed E-state index contributed by atoms with van der Waals surface area (Å²) in [7, 11) is 0. The number of hydrogen-bond acceptors (Lipinski definition) is 4. The van der Waals surface area contributed by atoms with Crippen LogP contribution in [0.3, 0.4) is 0 Å². The van der Waals surface area contributed by atoms with Gasteiger partial charge in [0.15, 0.2) is 0 Å². The summed E-state index contributed by atoms with van der Waals surface area (Å²) in [4.78, 5) is 15.3. The first kappa shape index (κ1) is 26.8. The average Bonchev–Trinajstić information content (AvgIpc) is 2.83. The van der Waals surface area contributed by atoms with Crippen molar-refractivity contribution in [1.82, 2.24) is 4.90 Å². The van der Waals surface area contributed by atoms with Crippen molar-refractivity contribution in [2.75, 3.05) is 26.4 Å². The summed E-state index contributed by atoms with van der Waals surface area (Å²) in [5, 5.41) is 2.31. The molecule has 0 spiro atoms. The van der Waals surface area contributed by atoms with E-state index in [-0.39, 0.29) is 12.0 Å². The van der Waals surface area contributed by atoms with Gasteiger partial charge in [-0.3, -0.25) is 4.79 Å². The molecule has 1 amide bonds. The molecule has 0 radical (unpaired) electrons. The molecule has 33 heavy (non-hydrogen) atoms. The second-order valence-electron chi connectivity index (χ2n) is 8.28. The van der Waals surface area contributed by atoms with Gasteiger partial charge in [0, 0.05) is 26.3 Å². The number of carbonyl (C=O) groups excluding carboxylic acids is 1. The first-order valence-corrected chi connectivity index (χ1v) is 12.0. The summed E-state index contributed by atoms with van der Waals surface area (Å²) in [6.45, 7) is 10.5. The third-order valence-electron chi connectivity index (χ3n) is 5.63. The largest absolute Gasteiger partial charge is 0.379 e. The SMILES string of the molecule is C/C=C\C=C(/C)CC[C@H](N)C(=O)N(Cc1cccc2ccccc12)CC(COCC)OCC. The zero-order valence-corrected chi connectivity index (χ0v) is 20.6. The van der Waals surface area contributed by atoms with E-state index in [0.717, 1.165) is 22.8 Å². The number of hydrogen-bond donors (Lipinski definition) is 1. The lowest BCUT2D eigenvalue weighted by atomic mass is 10.0. The third kappa shape index (κ3) is 8.77. The minimum atomic E-state index is -0.566. The molecule has 2 atom stereocenters. The van der Waals surface area contributed by atoms with E-state index in [0.29, 0.717) is 39.3 Å². The van der Waals surface area contributed by atoms with Crippen molar-refractivity contribution < 1.29 is 14.3 Å². The molecular weight excluding hydrogens is 412 g/mol. The van der Waals surface area contributed by atoms with E-state index < -0.39 is 6.04 Å². The van der Waals surface area contributed by atoms with Gasteiger partial charge in [0.05, 0.1) is 18.8 Å². The Bertz CT molecular complexity index is 917. The maximum absolute atomic E-state index is 13.5. The van der Waals surface area contributed by atoms with Crippen LogP contribution in [0.2, 0.25) is 0 Å². The molecule has 1 unspecified atom stereocenters. The summed E-state index contributed by atoms with van der Waals surface area (Å²) in [6.07, 6.45) is 7.27. The molecule has 2 rings (SSSR count). The Kier molecular flexibility index (Phi) is 11.9. The summed E-state index contributed by atoms with van der Waals surface area (Å²) in [6, 6.07) is 13.9. The topological polar surface area (TPSA) is 64.8 Å². The van der Waals surface area contributed by atoms with Gasteiger partial charge in [-0.25, -0.2) is 0 Å². The number of nitrogens with zero attached hydrogens (tertiary/aromatic N) is 1. The van der Waals surface area contributed by atoms with E-state index >= 15 is 0 Å². The second-order valence-corrected chi connectivity index (χ2v) is 8.28. The quantitative estimate of drug-likeness (QED) is 0.398. The van der Waals surface area contributed by atoms with Crippen LogP contribution < -0.4 is 5.73 Å². The average molecular weight is 453 g/mol. The molecule has 2 aromatic rings. The number of amides is 1. The fourth-order valence-corrected chi connectivity index (χ4v) is 3.84. The van der Waals surface area contributed by atoms with Crippen LogP contribution in [0.25, 0.3) is 10.8 Å². The van der Waals surface area contributed by atoms with Crippen LogP contribution in [-0.2, 0) is 20.8 Å². The van der Waals surface area contributed by atoms with E-state index in [9.17, 15) is 4.79 Å². The number of carbonyl (C=O) groups is 1. The van der Waals surface area contributed by atoms with Crippen molar-refractivity contribution in [1.29, 1.82) is 0 Å². The molecule has 0 aliphatic rings. The standard InChI is InChI=1S/C28H40N2O3/c1-5-8-12-22(4)17-18-27(29)28(31)30(20-25(33-7-3)21-32-6-2)19-24-15-11-14-23-13-9-10-16-26(23)24/h5,8-16,25,27H,6-7,17-21,29H2,1-4H3/b8-5-,22-12+/t25?,27-/m0/s1. The summed E-state index contributed by atoms with van der Waals surface area (Å²) in [5.41, 5.74) is 8.71. The second kappa shape index (κ2) is 14.6. The van der Waals surface area contributed by atoms with Gasteiger partial charge in [-0.1, -0.05) is 66.3 Å². The summed E-state index contributed by atoms with van der Waals surface area (Å²) >= 11 is 0. The maximum atomic E-state index is 13.5. The zero-order chi connectivity index (χ0) is 24.1. The lowest BCUT2D eigenvalue weighted by Crippen LogP contribution is -2.47. The Morgan fingerprint density at radius 1 is 1.12 bits per heavy atom. The number of ether oxygens (including phenoxy) is 2. The molecule has 0 fully saturated rings. The van der Waals surface area contributed by atoms with Crippen LogP contribution >= 0.6 is 0 Å². The molecule has 2 aromatic carbocycles. The van der Waals surface area contributed by atoms with Gasteiger partial charge in [-0.15, -0.1) is 0 Å². The van der Waals surface area contributed by atoms with Gasteiger partial charge in [-0.2, -0.15) is 0 Å². The molecule has 0 bridgehead atoms. The Morgan fingerprint density at radius 3 is 2.61 bits per heavy atom. The highest BCUT2D eigenvalue weighted by molar-refractivity contribution is 5.87. The fourth-order valence-electron chi connectivity index (χ4n) is 3.84. The number of rotatable bonds is 14. The summed E-state index contributed by atoms with van der Waals surface area (Å²) in [5.74, 6) is -0.0528. The normalized spacial score (nSPS) is 14.0. The van der Waals surface area contributed by atoms with Crippen molar-refractivity contribution in [2.24, 2.45) is 5.73 Å². The van der Waals surface area contributed by atoms with Crippen LogP contribution in [0.5, 0.6) is 0 Å². The number of fused-ring (bicyclic) bond motifs is 1. The van der Waals surface area contributed by atoms with Crippen LogP contribution in [-0.4, -0.2) is 49.3 Å². The summed E-state index contributed by atoms with van der Waals surface area (Å²) < 4.78 is 11.5. The maximum Gasteiger partial charge on any atom is 0.239 e. The minimum Gasteiger partial charge on any atom is -0.379 e. The van der Waals surface area contributed by atoms with Crippen molar-refractivity contribution in [3.63, 3.8) is 0 Å². The van der Waals surface area contributed by atoms with Crippen LogP contribution in [0, 0.1) is 0 Å². The smallest absolute Gasteiger partial charge is 0.239 e. The van der Waals surface area contributed by atoms with Gasteiger partial charge in [0.25, 0.3) is 0 Å². The van der Waals surface area contributed by atoms with Crippen LogP contribution in [0.1, 0.15) is 46.1 Å². The van der Waals surface area contributed by atoms with E-state index in [1.807, 2.05) is 56.0 Å². The Morgan fingerprint density at radius 2 is 1.88 bits per heavy atom. The Labute approximate surface area is 199 Å². The van der Waals surface area contributed by atoms with E-state index in [4.69, 9.17) is 15.2 Å². The van der Waals surface area contributed by atoms with Crippen molar-refractivity contribution in [3.05, 3.63) is 71.8 Å². The molecule has 0 heterocycles. The third-order valence-corrected chi connectivity index (χ3v) is 5.63. The predicted molar refractivity (Wildman–Crippen MR) is 137 cm³/mol. The van der Waals surface area contributed by atoms with Crippen LogP contribution in [0.4, 0.5) is 0 Å². The first-order chi connectivity index (χ1) is 16.0. The molecule has 180 valence electrons. The predicted octanol–water partition coefficient (Wildman–Crippen LogP) is 5.24. The lowest BCUT2D eigenvalue weighted by molar-refractivity contribution is -0.136. The van der Waals surface area contributed by atoms with E-state index in [2.05, 4.69) is 37.3 Å². The number of allylic oxidation sites excluding steroid dienone is 4. The Hall–Kier alpha value is -2.47. The van der Waals surface area contributed by atoms with E-state index in [1.54, 1.807) is 0 Å². The highest BCUT2D eigenvalue weighted by Crippen LogP contribution is 2.21. The number of nitrogens with two attached hydrogens (primary N) is 1. The molecule has 5 nitrogen and oxygen atoms in total. The van der Waals surface area contributed by atoms with Gasteiger partial charge < -0.3 is 20.1 Å². The van der Waals surface area contributed by atoms with E-state index in [1.165, 1.54) is 5.57 Å². The molecular formula is C28H40N2O3. The van der Waals surface area contributed by atoms with Crippen molar-refractivity contribution in [3.8, 4) is 0 Å². The molecule has 5 heteroatoms. The van der Waals surface area contributed by atoms with Gasteiger partial charge in [-0.05, 0) is 56.9 Å². The van der Waals surface area contributed by atoms with Gasteiger partial charge >= 0.3 is 0 Å². The van der Waals surface area contributed by atoms with Crippen molar-refractivity contribution in [2.45, 2.75) is 59.2 Å². The van der Waals surface area contributed by atoms with Crippen molar-refractivity contribution >= 4 is 16.7 Å². The minimum absolute atomic E-state index is 0.0528.